The summed E-state index contributed by atoms with van der Waals surface area (Å²) in [7, 11) is 0. The molecule has 0 spiro atoms. The summed E-state index contributed by atoms with van der Waals surface area (Å²) in [5, 5.41) is 30.4. The molecule has 0 rings (SSSR count). The molecule has 0 fully saturated rings. The summed E-state index contributed by atoms with van der Waals surface area (Å²) in [6.07, 6.45) is 26.4. The van der Waals surface area contributed by atoms with Gasteiger partial charge in [0.15, 0.2) is 0 Å². The van der Waals surface area contributed by atoms with E-state index in [4.69, 9.17) is 9.47 Å². The third-order valence-corrected chi connectivity index (χ3v) is 7.87. The van der Waals surface area contributed by atoms with Crippen LogP contribution in [0.2, 0.25) is 0 Å². The van der Waals surface area contributed by atoms with Gasteiger partial charge in [-0.05, 0) is 57.8 Å². The second-order valence-electron chi connectivity index (χ2n) is 12.4. The maximum atomic E-state index is 11.9. The Labute approximate surface area is 275 Å². The van der Waals surface area contributed by atoms with E-state index < -0.39 is 12.2 Å². The fourth-order valence-corrected chi connectivity index (χ4v) is 5.16. The van der Waals surface area contributed by atoms with Crippen LogP contribution in [0.25, 0.3) is 0 Å². The van der Waals surface area contributed by atoms with Gasteiger partial charge in [-0.3, -0.25) is 14.5 Å². The number of unbranched alkanes of at least 4 members (excludes halogenated alkanes) is 12. The second kappa shape index (κ2) is 33.6. The van der Waals surface area contributed by atoms with Crippen LogP contribution >= 0.6 is 0 Å². The first-order valence-electron chi connectivity index (χ1n) is 18.2. The molecule has 0 saturated heterocycles. The lowest BCUT2D eigenvalue weighted by atomic mass is 10.1. The first-order valence-corrected chi connectivity index (χ1v) is 18.2. The van der Waals surface area contributed by atoms with Gasteiger partial charge in [-0.25, -0.2) is 0 Å². The number of hydrogen-bond donors (Lipinski definition) is 3. The molecule has 0 heterocycles. The number of hydrogen-bond acceptors (Lipinski definition) is 8. The van der Waals surface area contributed by atoms with Crippen molar-refractivity contribution >= 4 is 11.9 Å². The predicted molar refractivity (Wildman–Crippen MR) is 184 cm³/mol. The molecular weight excluding hydrogens is 570 g/mol. The molecule has 2 unspecified atom stereocenters. The van der Waals surface area contributed by atoms with E-state index in [-0.39, 0.29) is 18.5 Å². The van der Waals surface area contributed by atoms with E-state index in [0.717, 1.165) is 51.4 Å². The van der Waals surface area contributed by atoms with Crippen molar-refractivity contribution < 1.29 is 34.4 Å². The number of aliphatic hydroxyl groups is 3. The van der Waals surface area contributed by atoms with E-state index in [2.05, 4.69) is 26.0 Å². The van der Waals surface area contributed by atoms with E-state index in [1.807, 2.05) is 17.1 Å². The Morgan fingerprint density at radius 3 is 1.47 bits per heavy atom. The Kier molecular flexibility index (Phi) is 32.3. The third kappa shape index (κ3) is 32.0. The number of aliphatic hydroxyl groups excluding tert-OH is 3. The molecule has 45 heavy (non-hydrogen) atoms. The second-order valence-corrected chi connectivity index (χ2v) is 12.4. The molecule has 3 N–H and O–H groups in total. The number of carbonyl (C=O) groups is 2. The lowest BCUT2D eigenvalue weighted by Gasteiger charge is -2.27. The Balaban J connectivity index is 3.98. The van der Waals surface area contributed by atoms with Gasteiger partial charge < -0.3 is 24.8 Å². The third-order valence-electron chi connectivity index (χ3n) is 7.87. The highest BCUT2D eigenvalue weighted by atomic mass is 16.5. The number of ether oxygens (including phenoxy) is 2. The average molecular weight is 640 g/mol. The normalized spacial score (nSPS) is 13.2. The van der Waals surface area contributed by atoms with Crippen molar-refractivity contribution in [1.82, 2.24) is 4.90 Å². The fourth-order valence-electron chi connectivity index (χ4n) is 5.16. The number of rotatable bonds is 33. The molecule has 0 aromatic carbocycles. The fraction of sp³-hybridized carbons (Fsp3) is 0.838. The van der Waals surface area contributed by atoms with E-state index in [1.165, 1.54) is 51.4 Å². The summed E-state index contributed by atoms with van der Waals surface area (Å²) in [5.41, 5.74) is 0. The van der Waals surface area contributed by atoms with Gasteiger partial charge in [0.2, 0.25) is 0 Å². The van der Waals surface area contributed by atoms with Crippen molar-refractivity contribution in [3.05, 3.63) is 24.3 Å². The number of nitrogens with zero attached hydrogens (tertiary/aromatic N) is 1. The molecule has 2 atom stereocenters. The topological polar surface area (TPSA) is 117 Å². The van der Waals surface area contributed by atoms with E-state index in [9.17, 15) is 24.9 Å². The molecule has 0 bridgehead atoms. The minimum Gasteiger partial charge on any atom is -0.461 e. The van der Waals surface area contributed by atoms with Crippen LogP contribution in [0.1, 0.15) is 149 Å². The highest BCUT2D eigenvalue weighted by molar-refractivity contribution is 5.69. The zero-order valence-corrected chi connectivity index (χ0v) is 29.0. The molecule has 0 aromatic heterocycles. The minimum atomic E-state index is -0.521. The molecule has 0 aliphatic carbocycles. The van der Waals surface area contributed by atoms with Crippen LogP contribution in [0.4, 0.5) is 0 Å². The van der Waals surface area contributed by atoms with Crippen LogP contribution in [0, 0.1) is 0 Å². The van der Waals surface area contributed by atoms with Crippen LogP contribution in [-0.2, 0) is 19.1 Å². The first kappa shape index (κ1) is 43.3. The molecule has 8 heteroatoms. The summed E-state index contributed by atoms with van der Waals surface area (Å²) < 4.78 is 10.5. The van der Waals surface area contributed by atoms with Crippen molar-refractivity contribution in [3.8, 4) is 0 Å². The molecule has 8 nitrogen and oxygen atoms in total. The van der Waals surface area contributed by atoms with E-state index in [0.29, 0.717) is 65.0 Å². The highest BCUT2D eigenvalue weighted by Crippen LogP contribution is 2.12. The average Bonchev–Trinajstić information content (AvgIpc) is 3.02. The molecule has 0 aromatic rings. The van der Waals surface area contributed by atoms with Crippen molar-refractivity contribution in [2.75, 3.05) is 39.5 Å². The Hall–Kier alpha value is -1.74. The summed E-state index contributed by atoms with van der Waals surface area (Å²) >= 11 is 0. The van der Waals surface area contributed by atoms with Crippen molar-refractivity contribution in [2.24, 2.45) is 0 Å². The lowest BCUT2D eigenvalue weighted by molar-refractivity contribution is -0.143. The highest BCUT2D eigenvalue weighted by Gasteiger charge is 2.16. The van der Waals surface area contributed by atoms with Crippen LogP contribution in [-0.4, -0.2) is 83.8 Å². The molecular formula is C37H69NO7. The lowest BCUT2D eigenvalue weighted by Crippen LogP contribution is -2.39. The Bertz CT molecular complexity index is 672. The van der Waals surface area contributed by atoms with Crippen molar-refractivity contribution in [1.29, 1.82) is 0 Å². The van der Waals surface area contributed by atoms with Gasteiger partial charge in [0.1, 0.15) is 13.2 Å². The molecule has 0 saturated carbocycles. The van der Waals surface area contributed by atoms with Gasteiger partial charge in [-0.2, -0.15) is 0 Å². The number of carbonyl (C=O) groups excluding carboxylic acids is 2. The Morgan fingerprint density at radius 2 is 1.04 bits per heavy atom. The smallest absolute Gasteiger partial charge is 0.306 e. The predicted octanol–water partition coefficient (Wildman–Crippen LogP) is 7.43. The van der Waals surface area contributed by atoms with Gasteiger partial charge in [0.05, 0.1) is 12.2 Å². The van der Waals surface area contributed by atoms with E-state index in [1.54, 1.807) is 0 Å². The maximum Gasteiger partial charge on any atom is 0.306 e. The zero-order chi connectivity index (χ0) is 33.2. The molecule has 0 radical (unpaired) electrons. The summed E-state index contributed by atoms with van der Waals surface area (Å²) in [4.78, 5) is 25.9. The van der Waals surface area contributed by atoms with Crippen molar-refractivity contribution in [2.45, 2.75) is 161 Å². The largest absolute Gasteiger partial charge is 0.461 e. The van der Waals surface area contributed by atoms with Gasteiger partial charge >= 0.3 is 11.9 Å². The monoisotopic (exact) mass is 640 g/mol. The number of esters is 2. The summed E-state index contributed by atoms with van der Waals surface area (Å²) in [6, 6.07) is 0. The number of allylic oxidation sites excluding steroid dienone is 2. The van der Waals surface area contributed by atoms with Crippen molar-refractivity contribution in [3.63, 3.8) is 0 Å². The quantitative estimate of drug-likeness (QED) is 0.0386. The Morgan fingerprint density at radius 1 is 0.600 bits per heavy atom. The maximum absolute atomic E-state index is 11.9. The molecule has 0 aliphatic rings. The van der Waals surface area contributed by atoms with Crippen LogP contribution < -0.4 is 0 Å². The standard InChI is InChI=1S/C37H69NO7/c1-3-5-7-9-11-13-21-30-44-36(42)26-19-15-17-24-34(40)32-38(28-23-29-39)33-35(41)25-18-16-20-27-37(43)45-31-22-14-12-10-8-6-4-2/h13-14,21-22,34-35,39-41H,3-12,15-20,23-33H2,1-2H3/b21-13-,22-14-. The minimum absolute atomic E-state index is 0.0678. The molecule has 0 aliphatic heterocycles. The van der Waals surface area contributed by atoms with Crippen LogP contribution in [0.3, 0.4) is 0 Å². The van der Waals surface area contributed by atoms with E-state index >= 15 is 0 Å². The molecule has 264 valence electrons. The van der Waals surface area contributed by atoms with Gasteiger partial charge in [0, 0.05) is 39.1 Å². The van der Waals surface area contributed by atoms with Crippen LogP contribution in [0.5, 0.6) is 0 Å². The summed E-state index contributed by atoms with van der Waals surface area (Å²) in [5.74, 6) is -0.349. The zero-order valence-electron chi connectivity index (χ0n) is 29.0. The first-order chi connectivity index (χ1) is 21.9. The van der Waals surface area contributed by atoms with Gasteiger partial charge in [-0.1, -0.05) is 102 Å². The summed E-state index contributed by atoms with van der Waals surface area (Å²) in [6.45, 7) is 6.66. The van der Waals surface area contributed by atoms with Gasteiger partial charge in [0.25, 0.3) is 0 Å². The van der Waals surface area contributed by atoms with Crippen LogP contribution in [0.15, 0.2) is 24.3 Å². The molecule has 0 amide bonds. The SMILES string of the molecule is CCCCCC/C=C\COC(=O)CCCCCC(O)CN(CCCO)CC(O)CCCCCC(=O)OC/C=C\CCCCCC. The van der Waals surface area contributed by atoms with Gasteiger partial charge in [-0.15, -0.1) is 0 Å².